The van der Waals surface area contributed by atoms with Crippen molar-refractivity contribution >= 4 is 50.6 Å². The Labute approximate surface area is 291 Å². The van der Waals surface area contributed by atoms with Crippen LogP contribution >= 0.6 is 0 Å². The Balaban J connectivity index is 1.29. The standard InChI is InChI=1S/C45H28N4Si/c46-29-32-9-7-15-40(25-32)50(38-11-3-1-4-12-38,39-13-5-2-6-14-39)41-16-8-10-36(28-41)35-19-21-37(22-20-35)49-44-23-17-33(30-47)26-42(44)43-27-34(31-48)18-24-45(43)49/h1-28H. The van der Waals surface area contributed by atoms with Crippen LogP contribution in [0.5, 0.6) is 0 Å². The number of nitriles is 3. The maximum atomic E-state index is 9.93. The highest BCUT2D eigenvalue weighted by atomic mass is 28.3. The third-order valence-electron chi connectivity index (χ3n) is 9.62. The van der Waals surface area contributed by atoms with Crippen LogP contribution in [0.15, 0.2) is 170 Å². The monoisotopic (exact) mass is 652 g/mol. The van der Waals surface area contributed by atoms with Crippen LogP contribution < -0.4 is 20.7 Å². The van der Waals surface area contributed by atoms with Gasteiger partial charge in [-0.25, -0.2) is 0 Å². The van der Waals surface area contributed by atoms with Gasteiger partial charge in [0.2, 0.25) is 0 Å². The summed E-state index contributed by atoms with van der Waals surface area (Å²) in [6.07, 6.45) is 0. The van der Waals surface area contributed by atoms with Crippen LogP contribution in [0.2, 0.25) is 0 Å². The van der Waals surface area contributed by atoms with E-state index in [4.69, 9.17) is 0 Å². The summed E-state index contributed by atoms with van der Waals surface area (Å²) in [4.78, 5) is 0. The Bertz CT molecular complexity index is 2560. The van der Waals surface area contributed by atoms with E-state index in [1.165, 1.54) is 15.6 Å². The van der Waals surface area contributed by atoms with Gasteiger partial charge in [0.1, 0.15) is 0 Å². The van der Waals surface area contributed by atoms with Crippen molar-refractivity contribution in [1.82, 2.24) is 4.57 Å². The minimum Gasteiger partial charge on any atom is -0.309 e. The Kier molecular flexibility index (Phi) is 7.63. The van der Waals surface area contributed by atoms with E-state index < -0.39 is 8.07 Å². The van der Waals surface area contributed by atoms with Gasteiger partial charge >= 0.3 is 0 Å². The molecule has 8 rings (SSSR count). The van der Waals surface area contributed by atoms with Gasteiger partial charge in [-0.2, -0.15) is 15.8 Å². The van der Waals surface area contributed by atoms with E-state index in [-0.39, 0.29) is 0 Å². The molecule has 5 heteroatoms. The molecule has 0 spiro atoms. The van der Waals surface area contributed by atoms with Gasteiger partial charge in [0, 0.05) is 16.5 Å². The lowest BCUT2D eigenvalue weighted by Crippen LogP contribution is -2.74. The van der Waals surface area contributed by atoms with Gasteiger partial charge in [-0.05, 0) is 92.5 Å². The fraction of sp³-hybridized carbons (Fsp3) is 0. The molecule has 0 amide bonds. The molecule has 1 heterocycles. The fourth-order valence-corrected chi connectivity index (χ4v) is 12.2. The molecule has 0 bridgehead atoms. The quantitative estimate of drug-likeness (QED) is 0.138. The SMILES string of the molecule is N#Cc1cccc([Si](c2ccccc2)(c2ccccc2)c2cccc(-c3ccc(-n4c5ccc(C#N)cc5c5cc(C#N)ccc54)cc3)c2)c1. The summed E-state index contributed by atoms with van der Waals surface area (Å²) in [7, 11) is -2.84. The van der Waals surface area contributed by atoms with E-state index >= 15 is 0 Å². The zero-order chi connectivity index (χ0) is 34.1. The third-order valence-corrected chi connectivity index (χ3v) is 14.4. The smallest absolute Gasteiger partial charge is 0.179 e. The highest BCUT2D eigenvalue weighted by molar-refractivity contribution is 7.19. The molecule has 8 aromatic rings. The number of rotatable bonds is 6. The molecule has 0 fully saturated rings. The van der Waals surface area contributed by atoms with Crippen molar-refractivity contribution in [2.45, 2.75) is 0 Å². The summed E-state index contributed by atoms with van der Waals surface area (Å²) in [5.74, 6) is 0. The van der Waals surface area contributed by atoms with Crippen LogP contribution in [0.4, 0.5) is 0 Å². The maximum absolute atomic E-state index is 9.93. The zero-order valence-corrected chi connectivity index (χ0v) is 28.0. The number of aromatic nitrogens is 1. The summed E-state index contributed by atoms with van der Waals surface area (Å²) >= 11 is 0. The molecule has 0 aliphatic rings. The van der Waals surface area contributed by atoms with E-state index in [9.17, 15) is 15.8 Å². The first-order chi connectivity index (χ1) is 24.6. The predicted octanol–water partition coefficient (Wildman–Crippen LogP) is 7.44. The Morgan fingerprint density at radius 1 is 0.380 bits per heavy atom. The lowest BCUT2D eigenvalue weighted by molar-refractivity contribution is 1.18. The largest absolute Gasteiger partial charge is 0.309 e. The highest BCUT2D eigenvalue weighted by Gasteiger charge is 2.41. The Morgan fingerprint density at radius 3 is 1.40 bits per heavy atom. The molecule has 0 aliphatic carbocycles. The maximum Gasteiger partial charge on any atom is 0.179 e. The van der Waals surface area contributed by atoms with Gasteiger partial charge < -0.3 is 4.57 Å². The normalized spacial score (nSPS) is 11.1. The van der Waals surface area contributed by atoms with E-state index in [0.29, 0.717) is 16.7 Å². The molecular weight excluding hydrogens is 625 g/mol. The second kappa shape index (κ2) is 12.6. The minimum absolute atomic E-state index is 0.583. The number of fused-ring (bicyclic) bond motifs is 3. The molecule has 50 heavy (non-hydrogen) atoms. The van der Waals surface area contributed by atoms with Crippen molar-refractivity contribution in [2.75, 3.05) is 0 Å². The summed E-state index contributed by atoms with van der Waals surface area (Å²) in [6.45, 7) is 0. The first-order valence-corrected chi connectivity index (χ1v) is 18.4. The molecule has 0 aliphatic heterocycles. The van der Waals surface area contributed by atoms with E-state index in [1.807, 2.05) is 48.5 Å². The molecule has 0 unspecified atom stereocenters. The number of hydrogen-bond donors (Lipinski definition) is 0. The molecule has 0 saturated carbocycles. The molecule has 0 atom stereocenters. The minimum atomic E-state index is -2.84. The molecule has 4 nitrogen and oxygen atoms in total. The van der Waals surface area contributed by atoms with Gasteiger partial charge in [-0.3, -0.25) is 0 Å². The highest BCUT2D eigenvalue weighted by Crippen LogP contribution is 2.34. The van der Waals surface area contributed by atoms with Crippen LogP contribution in [-0.4, -0.2) is 12.6 Å². The summed E-state index contributed by atoms with van der Waals surface area (Å²) in [5, 5.41) is 35.9. The van der Waals surface area contributed by atoms with Crippen LogP contribution in [0, 0.1) is 34.0 Å². The average molecular weight is 653 g/mol. The number of benzene rings is 7. The fourth-order valence-electron chi connectivity index (χ4n) is 7.37. The van der Waals surface area contributed by atoms with E-state index in [0.717, 1.165) is 43.8 Å². The van der Waals surface area contributed by atoms with Crippen LogP contribution in [0.1, 0.15) is 16.7 Å². The first-order valence-electron chi connectivity index (χ1n) is 16.4. The molecule has 232 valence electrons. The average Bonchev–Trinajstić information content (AvgIpc) is 3.52. The number of hydrogen-bond acceptors (Lipinski definition) is 3. The molecule has 0 N–H and O–H groups in total. The molecule has 1 aromatic heterocycles. The van der Waals surface area contributed by atoms with Crippen LogP contribution in [-0.2, 0) is 0 Å². The topological polar surface area (TPSA) is 76.3 Å². The van der Waals surface area contributed by atoms with Crippen LogP contribution in [0.3, 0.4) is 0 Å². The Morgan fingerprint density at radius 2 is 0.860 bits per heavy atom. The second-order valence-electron chi connectivity index (χ2n) is 12.3. The van der Waals surface area contributed by atoms with Gasteiger partial charge in [-0.1, -0.05) is 109 Å². The number of nitrogens with zero attached hydrogens (tertiary/aromatic N) is 4. The van der Waals surface area contributed by atoms with Crippen molar-refractivity contribution in [3.63, 3.8) is 0 Å². The van der Waals surface area contributed by atoms with Crippen molar-refractivity contribution in [1.29, 1.82) is 15.8 Å². The first kappa shape index (κ1) is 30.4. The van der Waals surface area contributed by atoms with Gasteiger partial charge in [0.25, 0.3) is 0 Å². The summed E-state index contributed by atoms with van der Waals surface area (Å²) < 4.78 is 2.19. The Hall–Kier alpha value is -6.97. The van der Waals surface area contributed by atoms with Crippen molar-refractivity contribution in [3.05, 3.63) is 187 Å². The molecule has 0 radical (unpaired) electrons. The van der Waals surface area contributed by atoms with Gasteiger partial charge in [0.05, 0.1) is 45.9 Å². The van der Waals surface area contributed by atoms with Crippen LogP contribution in [0.25, 0.3) is 38.6 Å². The van der Waals surface area contributed by atoms with Crippen molar-refractivity contribution in [2.24, 2.45) is 0 Å². The van der Waals surface area contributed by atoms with E-state index in [1.54, 1.807) is 0 Å². The van der Waals surface area contributed by atoms with Gasteiger partial charge in [-0.15, -0.1) is 0 Å². The summed E-state index contributed by atoms with van der Waals surface area (Å²) in [6, 6.07) is 65.3. The summed E-state index contributed by atoms with van der Waals surface area (Å²) in [5.41, 5.74) is 6.95. The van der Waals surface area contributed by atoms with Crippen molar-refractivity contribution in [3.8, 4) is 35.0 Å². The molecular formula is C45H28N4Si. The van der Waals surface area contributed by atoms with Crippen molar-refractivity contribution < 1.29 is 0 Å². The lowest BCUT2D eigenvalue weighted by Gasteiger charge is -2.34. The zero-order valence-electron chi connectivity index (χ0n) is 27.0. The third kappa shape index (κ3) is 4.97. The second-order valence-corrected chi connectivity index (χ2v) is 16.1. The van der Waals surface area contributed by atoms with Gasteiger partial charge in [0.15, 0.2) is 8.07 Å². The molecule has 0 saturated heterocycles. The molecule has 7 aromatic carbocycles. The predicted molar refractivity (Wildman–Crippen MR) is 204 cm³/mol. The van der Waals surface area contributed by atoms with E-state index in [2.05, 4.69) is 144 Å². The lowest BCUT2D eigenvalue weighted by atomic mass is 10.1.